The topological polar surface area (TPSA) is 87.1 Å². The fourth-order valence-electron chi connectivity index (χ4n) is 4.51. The minimum absolute atomic E-state index is 0.0818. The van der Waals surface area contributed by atoms with Crippen LogP contribution >= 0.6 is 0 Å². The Bertz CT molecular complexity index is 963. The summed E-state index contributed by atoms with van der Waals surface area (Å²) in [6.45, 7) is 5.40. The van der Waals surface area contributed by atoms with Crippen LogP contribution in [0, 0.1) is 0 Å². The third-order valence-electron chi connectivity index (χ3n) is 6.55. The minimum Gasteiger partial charge on any atom is -0.371 e. The highest BCUT2D eigenvalue weighted by atomic mass is 16.2. The number of carbonyl (C=O) groups excluding carboxylic acids is 1. The van der Waals surface area contributed by atoms with Gasteiger partial charge < -0.3 is 9.80 Å². The number of aromatic amines is 1. The summed E-state index contributed by atoms with van der Waals surface area (Å²) in [5.74, 6) is 0.0868. The van der Waals surface area contributed by atoms with E-state index in [1.807, 2.05) is 16.8 Å². The van der Waals surface area contributed by atoms with Crippen molar-refractivity contribution >= 4 is 11.6 Å². The molecule has 30 heavy (non-hydrogen) atoms. The Hall–Kier alpha value is -2.64. The summed E-state index contributed by atoms with van der Waals surface area (Å²) >= 11 is 0. The normalized spacial score (nSPS) is 19.1. The van der Waals surface area contributed by atoms with Gasteiger partial charge >= 0.3 is 0 Å². The molecule has 1 unspecified atom stereocenters. The highest BCUT2D eigenvalue weighted by molar-refractivity contribution is 5.79. The number of nitrogens with zero attached hydrogens (tertiary/aromatic N) is 5. The number of piperidine rings is 1. The first kappa shape index (κ1) is 20.6. The zero-order chi connectivity index (χ0) is 21.3. The van der Waals surface area contributed by atoms with Crippen molar-refractivity contribution in [1.82, 2.24) is 24.9 Å². The molecule has 2 aromatic rings. The molecule has 2 aliphatic rings. The summed E-state index contributed by atoms with van der Waals surface area (Å²) in [5, 5.41) is 12.0. The first-order chi connectivity index (χ1) is 14.4. The largest absolute Gasteiger partial charge is 0.371 e. The summed E-state index contributed by atoms with van der Waals surface area (Å²) < 4.78 is 1.55. The van der Waals surface area contributed by atoms with Crippen LogP contribution < -0.4 is 10.5 Å². The molecule has 8 nitrogen and oxygen atoms in total. The quantitative estimate of drug-likeness (QED) is 0.813. The monoisotopic (exact) mass is 412 g/mol. The van der Waals surface area contributed by atoms with Crippen LogP contribution in [0.15, 0.2) is 17.1 Å². The number of aromatic nitrogens is 4. The van der Waals surface area contributed by atoms with Gasteiger partial charge in [0.2, 0.25) is 5.91 Å². The number of H-pyrrole nitrogens is 1. The van der Waals surface area contributed by atoms with E-state index < -0.39 is 0 Å². The number of carbonyl (C=O) groups is 1. The molecule has 1 saturated heterocycles. The number of anilines is 1. The summed E-state index contributed by atoms with van der Waals surface area (Å²) in [5.41, 5.74) is 4.04. The number of rotatable bonds is 5. The van der Waals surface area contributed by atoms with Crippen molar-refractivity contribution in [2.45, 2.75) is 70.9 Å². The lowest BCUT2D eigenvalue weighted by Crippen LogP contribution is -2.44. The lowest BCUT2D eigenvalue weighted by molar-refractivity contribution is -0.132. The van der Waals surface area contributed by atoms with Gasteiger partial charge in [-0.25, -0.2) is 4.68 Å². The molecule has 162 valence electrons. The van der Waals surface area contributed by atoms with Crippen LogP contribution in [0.4, 0.5) is 5.69 Å². The van der Waals surface area contributed by atoms with Crippen LogP contribution in [-0.2, 0) is 24.1 Å². The third-order valence-corrected chi connectivity index (χ3v) is 6.55. The van der Waals surface area contributed by atoms with E-state index in [1.165, 1.54) is 17.7 Å². The van der Waals surface area contributed by atoms with Crippen molar-refractivity contribution in [3.63, 3.8) is 0 Å². The first-order valence-corrected chi connectivity index (χ1v) is 11.1. The van der Waals surface area contributed by atoms with Gasteiger partial charge in [0.15, 0.2) is 0 Å². The van der Waals surface area contributed by atoms with E-state index in [9.17, 15) is 9.59 Å². The zero-order valence-corrected chi connectivity index (χ0v) is 18.2. The maximum absolute atomic E-state index is 13.0. The molecule has 3 heterocycles. The molecule has 0 saturated carbocycles. The highest BCUT2D eigenvalue weighted by Crippen LogP contribution is 2.24. The number of likely N-dealkylation sites (tertiary alicyclic amines) is 1. The van der Waals surface area contributed by atoms with Crippen molar-refractivity contribution in [1.29, 1.82) is 0 Å². The number of amides is 1. The van der Waals surface area contributed by atoms with Crippen molar-refractivity contribution in [3.8, 4) is 0 Å². The second kappa shape index (κ2) is 8.62. The molecule has 0 radical (unpaired) electrons. The summed E-state index contributed by atoms with van der Waals surface area (Å²) in [4.78, 5) is 29.6. The Kier molecular flexibility index (Phi) is 5.92. The van der Waals surface area contributed by atoms with Gasteiger partial charge in [0.1, 0.15) is 0 Å². The van der Waals surface area contributed by atoms with Crippen LogP contribution in [0.25, 0.3) is 0 Å². The lowest BCUT2D eigenvalue weighted by atomic mass is 9.95. The van der Waals surface area contributed by atoms with Crippen molar-refractivity contribution < 1.29 is 4.79 Å². The molecule has 8 heteroatoms. The minimum atomic E-state index is -0.110. The van der Waals surface area contributed by atoms with Crippen LogP contribution in [0.1, 0.15) is 62.5 Å². The molecule has 1 aliphatic carbocycles. The van der Waals surface area contributed by atoms with Gasteiger partial charge in [-0.05, 0) is 57.9 Å². The molecule has 2 aromatic heterocycles. The van der Waals surface area contributed by atoms with Gasteiger partial charge in [0.25, 0.3) is 5.56 Å². The SMILES string of the molecule is CC(C)N(C)c1cnn(C2CCCN(C(=O)Cc3n[nH]c4c3CCCC4)C2)c(=O)c1. The van der Waals surface area contributed by atoms with E-state index in [1.54, 1.807) is 16.9 Å². The molecule has 0 spiro atoms. The Balaban J connectivity index is 1.45. The fourth-order valence-corrected chi connectivity index (χ4v) is 4.51. The standard InChI is InChI=1S/C22H32N6O2/c1-15(2)26(3)17-11-22(30)28(23-13-17)16-7-6-10-27(14-16)21(29)12-20-18-8-4-5-9-19(18)24-25-20/h11,13,15-16H,4-10,12,14H2,1-3H3,(H,24,25). The molecular weight excluding hydrogens is 380 g/mol. The molecule has 1 aliphatic heterocycles. The van der Waals surface area contributed by atoms with Gasteiger partial charge in [-0.3, -0.25) is 14.7 Å². The number of fused-ring (bicyclic) bond motifs is 1. The number of hydrogen-bond donors (Lipinski definition) is 1. The number of hydrogen-bond acceptors (Lipinski definition) is 5. The lowest BCUT2D eigenvalue weighted by Gasteiger charge is -2.33. The summed E-state index contributed by atoms with van der Waals surface area (Å²) in [6, 6.07) is 1.85. The van der Waals surface area contributed by atoms with Gasteiger partial charge in [0, 0.05) is 37.9 Å². The average molecular weight is 413 g/mol. The van der Waals surface area contributed by atoms with E-state index in [2.05, 4.69) is 29.1 Å². The molecule has 4 rings (SSSR count). The highest BCUT2D eigenvalue weighted by Gasteiger charge is 2.28. The molecule has 1 fully saturated rings. The van der Waals surface area contributed by atoms with E-state index in [4.69, 9.17) is 0 Å². The number of aryl methyl sites for hydroxylation is 1. The second-order valence-corrected chi connectivity index (χ2v) is 8.85. The van der Waals surface area contributed by atoms with Crippen molar-refractivity contribution in [2.24, 2.45) is 0 Å². The Morgan fingerprint density at radius 2 is 2.10 bits per heavy atom. The molecule has 0 aromatic carbocycles. The Labute approximate surface area is 177 Å². The van der Waals surface area contributed by atoms with Crippen LogP contribution in [-0.4, -0.2) is 57.0 Å². The van der Waals surface area contributed by atoms with Gasteiger partial charge in [-0.15, -0.1) is 0 Å². The van der Waals surface area contributed by atoms with Crippen LogP contribution in [0.3, 0.4) is 0 Å². The zero-order valence-electron chi connectivity index (χ0n) is 18.2. The molecule has 0 bridgehead atoms. The van der Waals surface area contributed by atoms with E-state index in [0.29, 0.717) is 13.0 Å². The molecule has 1 atom stereocenters. The summed E-state index contributed by atoms with van der Waals surface area (Å²) in [6.07, 6.45) is 8.19. The van der Waals surface area contributed by atoms with Gasteiger partial charge in [-0.1, -0.05) is 0 Å². The Morgan fingerprint density at radius 3 is 2.87 bits per heavy atom. The average Bonchev–Trinajstić information content (AvgIpc) is 3.16. The van der Waals surface area contributed by atoms with Crippen molar-refractivity contribution in [3.05, 3.63) is 39.6 Å². The smallest absolute Gasteiger partial charge is 0.269 e. The first-order valence-electron chi connectivity index (χ1n) is 11.1. The van der Waals surface area contributed by atoms with Crippen LogP contribution in [0.2, 0.25) is 0 Å². The van der Waals surface area contributed by atoms with E-state index in [-0.39, 0.29) is 23.6 Å². The second-order valence-electron chi connectivity index (χ2n) is 8.85. The third kappa shape index (κ3) is 4.13. The molecular formula is C22H32N6O2. The van der Waals surface area contributed by atoms with Gasteiger partial charge in [0.05, 0.1) is 30.0 Å². The summed E-state index contributed by atoms with van der Waals surface area (Å²) in [7, 11) is 1.96. The molecule has 1 N–H and O–H groups in total. The Morgan fingerprint density at radius 1 is 1.30 bits per heavy atom. The predicted molar refractivity (Wildman–Crippen MR) is 116 cm³/mol. The van der Waals surface area contributed by atoms with Crippen molar-refractivity contribution in [2.75, 3.05) is 25.0 Å². The van der Waals surface area contributed by atoms with E-state index >= 15 is 0 Å². The van der Waals surface area contributed by atoms with Crippen LogP contribution in [0.5, 0.6) is 0 Å². The maximum atomic E-state index is 13.0. The predicted octanol–water partition coefficient (Wildman–Crippen LogP) is 2.10. The maximum Gasteiger partial charge on any atom is 0.269 e. The number of nitrogens with one attached hydrogen (secondary N) is 1. The van der Waals surface area contributed by atoms with E-state index in [0.717, 1.165) is 50.0 Å². The fraction of sp³-hybridized carbons (Fsp3) is 0.636. The molecule has 1 amide bonds. The van der Waals surface area contributed by atoms with Gasteiger partial charge in [-0.2, -0.15) is 10.2 Å².